The van der Waals surface area contributed by atoms with Crippen LogP contribution in [0.4, 0.5) is 0 Å². The van der Waals surface area contributed by atoms with Gasteiger partial charge in [0, 0.05) is 56.3 Å². The number of fused-ring (bicyclic) bond motifs is 3. The monoisotopic (exact) mass is 639 g/mol. The molecule has 3 fully saturated rings. The second-order valence-electron chi connectivity index (χ2n) is 13.0. The number of methoxy groups -OCH3 is 2. The molecule has 1 aromatic heterocycles. The van der Waals surface area contributed by atoms with Crippen LogP contribution in [0.3, 0.4) is 0 Å². The fourth-order valence-corrected chi connectivity index (χ4v) is 8.29. The quantitative estimate of drug-likeness (QED) is 0.359. The minimum atomic E-state index is -1.36. The van der Waals surface area contributed by atoms with Crippen molar-refractivity contribution >= 4 is 23.7 Å². The summed E-state index contributed by atoms with van der Waals surface area (Å²) >= 11 is 0. The maximum Gasteiger partial charge on any atom is 0.332 e. The van der Waals surface area contributed by atoms with Gasteiger partial charge in [-0.15, -0.1) is 0 Å². The number of carbonyl (C=O) groups excluding carboxylic acids is 4. The molecule has 3 amide bonds. The topological polar surface area (TPSA) is 113 Å². The average Bonchev–Trinajstić information content (AvgIpc) is 3.93. The number of ether oxygens (including phenoxy) is 2. The first-order chi connectivity index (χ1) is 22.8. The van der Waals surface area contributed by atoms with Crippen molar-refractivity contribution in [2.24, 2.45) is 5.92 Å². The summed E-state index contributed by atoms with van der Waals surface area (Å²) in [6.07, 6.45) is 2.76. The van der Waals surface area contributed by atoms with Crippen molar-refractivity contribution in [1.29, 1.82) is 0 Å². The van der Waals surface area contributed by atoms with E-state index in [1.807, 2.05) is 53.4 Å². The lowest BCUT2D eigenvalue weighted by atomic mass is 9.75. The Hall–Kier alpha value is -4.64. The third-order valence-electron chi connectivity index (χ3n) is 10.5. The summed E-state index contributed by atoms with van der Waals surface area (Å²) in [6.45, 7) is 3.50. The molecule has 7 rings (SSSR count). The first kappa shape index (κ1) is 31.0. The van der Waals surface area contributed by atoms with E-state index in [0.29, 0.717) is 69.4 Å². The zero-order valence-corrected chi connectivity index (χ0v) is 26.9. The van der Waals surface area contributed by atoms with Crippen LogP contribution in [0.25, 0.3) is 0 Å². The van der Waals surface area contributed by atoms with E-state index in [4.69, 9.17) is 9.47 Å². The number of aromatic nitrogens is 1. The SMILES string of the molecule is COC(=O)[C@@]1(Cc2ccc(OC)cc2)[C@H]2c3cc(C(=O)N4CCCC4)n(CCN4CNCC4=O)c3C[C@H]2CN1C(=O)c1ccccc1. The lowest BCUT2D eigenvalue weighted by Gasteiger charge is -2.40. The second kappa shape index (κ2) is 12.5. The van der Waals surface area contributed by atoms with E-state index in [0.717, 1.165) is 29.7 Å². The molecule has 1 aliphatic carbocycles. The van der Waals surface area contributed by atoms with Crippen LogP contribution in [0, 0.1) is 5.92 Å². The predicted molar refractivity (Wildman–Crippen MR) is 173 cm³/mol. The third kappa shape index (κ3) is 5.26. The van der Waals surface area contributed by atoms with Crippen molar-refractivity contribution in [2.45, 2.75) is 43.7 Å². The summed E-state index contributed by atoms with van der Waals surface area (Å²) in [5.41, 5.74) is 2.49. The number of rotatable bonds is 9. The van der Waals surface area contributed by atoms with E-state index in [9.17, 15) is 19.2 Å². The zero-order chi connectivity index (χ0) is 32.7. The van der Waals surface area contributed by atoms with Crippen molar-refractivity contribution in [2.75, 3.05) is 53.6 Å². The number of nitrogens with one attached hydrogen (secondary N) is 1. The van der Waals surface area contributed by atoms with E-state index in [1.165, 1.54) is 7.11 Å². The fourth-order valence-electron chi connectivity index (χ4n) is 8.29. The highest BCUT2D eigenvalue weighted by Gasteiger charge is 2.64. The smallest absolute Gasteiger partial charge is 0.332 e. The Morgan fingerprint density at radius 2 is 1.70 bits per heavy atom. The molecule has 0 spiro atoms. The Kier molecular flexibility index (Phi) is 8.25. The highest BCUT2D eigenvalue weighted by atomic mass is 16.5. The first-order valence-corrected chi connectivity index (χ1v) is 16.4. The molecule has 3 aromatic rings. The zero-order valence-electron chi connectivity index (χ0n) is 26.9. The number of carbonyl (C=O) groups is 4. The van der Waals surface area contributed by atoms with E-state index >= 15 is 0 Å². The minimum Gasteiger partial charge on any atom is -0.497 e. The number of esters is 1. The summed E-state index contributed by atoms with van der Waals surface area (Å²) < 4.78 is 13.1. The van der Waals surface area contributed by atoms with Gasteiger partial charge in [-0.3, -0.25) is 19.7 Å². The number of nitrogens with zero attached hydrogens (tertiary/aromatic N) is 4. The summed E-state index contributed by atoms with van der Waals surface area (Å²) in [7, 11) is 2.98. The van der Waals surface area contributed by atoms with Crippen LogP contribution in [0.15, 0.2) is 60.7 Å². The standard InChI is InChI=1S/C36H41N5O6/c1-46-27-12-10-24(11-13-27)20-36(35(45)47-2)32-26(22-41(36)33(43)25-8-4-3-5-9-25)18-29-28(32)19-30(34(44)38-14-6-7-15-38)40(29)17-16-39-23-37-21-31(39)42/h3-5,8-13,19,26,32,37H,6-7,14-18,20-23H2,1-2H3/t26-,32+,36+/m0/s1. The van der Waals surface area contributed by atoms with Crippen molar-refractivity contribution in [1.82, 2.24) is 24.6 Å². The maximum absolute atomic E-state index is 14.4. The van der Waals surface area contributed by atoms with E-state index in [-0.39, 0.29) is 30.1 Å². The van der Waals surface area contributed by atoms with E-state index in [2.05, 4.69) is 9.88 Å². The predicted octanol–water partition coefficient (Wildman–Crippen LogP) is 2.69. The number of hydrogen-bond acceptors (Lipinski definition) is 7. The maximum atomic E-state index is 14.4. The molecule has 0 radical (unpaired) electrons. The number of likely N-dealkylation sites (tertiary alicyclic amines) is 2. The number of hydrogen-bond donors (Lipinski definition) is 1. The van der Waals surface area contributed by atoms with Gasteiger partial charge in [-0.25, -0.2) is 4.79 Å². The molecule has 3 aliphatic heterocycles. The average molecular weight is 640 g/mol. The molecular weight excluding hydrogens is 598 g/mol. The van der Waals surface area contributed by atoms with Gasteiger partial charge in [0.25, 0.3) is 11.8 Å². The summed E-state index contributed by atoms with van der Waals surface area (Å²) in [5, 5.41) is 3.10. The number of benzene rings is 2. The fraction of sp³-hybridized carbons (Fsp3) is 0.444. The van der Waals surface area contributed by atoms with Crippen molar-refractivity contribution in [3.63, 3.8) is 0 Å². The van der Waals surface area contributed by atoms with Gasteiger partial charge in [0.15, 0.2) is 5.54 Å². The van der Waals surface area contributed by atoms with Crippen LogP contribution < -0.4 is 10.1 Å². The first-order valence-electron chi connectivity index (χ1n) is 16.4. The van der Waals surface area contributed by atoms with Crippen molar-refractivity contribution in [3.05, 3.63) is 88.7 Å². The van der Waals surface area contributed by atoms with Crippen molar-refractivity contribution < 1.29 is 28.7 Å². The number of amides is 3. The van der Waals surface area contributed by atoms with Gasteiger partial charge >= 0.3 is 5.97 Å². The van der Waals surface area contributed by atoms with E-state index in [1.54, 1.807) is 29.0 Å². The molecule has 11 heteroatoms. The van der Waals surface area contributed by atoms with Gasteiger partial charge in [-0.05, 0) is 66.6 Å². The summed E-state index contributed by atoms with van der Waals surface area (Å²) in [4.78, 5) is 60.6. The molecule has 0 unspecified atom stereocenters. The molecule has 1 N–H and O–H groups in total. The van der Waals surface area contributed by atoms with Crippen LogP contribution in [-0.2, 0) is 33.7 Å². The summed E-state index contributed by atoms with van der Waals surface area (Å²) in [5.74, 6) is -0.478. The molecule has 246 valence electrons. The third-order valence-corrected chi connectivity index (χ3v) is 10.5. The Bertz CT molecular complexity index is 1680. The summed E-state index contributed by atoms with van der Waals surface area (Å²) in [6, 6.07) is 18.6. The van der Waals surface area contributed by atoms with Gasteiger partial charge in [0.05, 0.1) is 27.4 Å². The van der Waals surface area contributed by atoms with Crippen LogP contribution in [0.5, 0.6) is 5.75 Å². The highest BCUT2D eigenvalue weighted by molar-refractivity contribution is 6.00. The Morgan fingerprint density at radius 3 is 2.36 bits per heavy atom. The molecule has 11 nitrogen and oxygen atoms in total. The molecule has 3 atom stereocenters. The molecule has 4 aliphatic rings. The molecule has 2 aromatic carbocycles. The van der Waals surface area contributed by atoms with Gasteiger partial charge in [0.1, 0.15) is 11.4 Å². The van der Waals surface area contributed by atoms with Gasteiger partial charge in [-0.2, -0.15) is 0 Å². The second-order valence-corrected chi connectivity index (χ2v) is 13.0. The molecule has 47 heavy (non-hydrogen) atoms. The van der Waals surface area contributed by atoms with Crippen LogP contribution in [-0.4, -0.2) is 102 Å². The molecular formula is C36H41N5O6. The van der Waals surface area contributed by atoms with Gasteiger partial charge < -0.3 is 28.7 Å². The molecule has 4 heterocycles. The normalized spacial score (nSPS) is 23.3. The van der Waals surface area contributed by atoms with Crippen LogP contribution in [0.1, 0.15) is 56.4 Å². The van der Waals surface area contributed by atoms with Crippen LogP contribution >= 0.6 is 0 Å². The van der Waals surface area contributed by atoms with Crippen LogP contribution in [0.2, 0.25) is 0 Å². The lowest BCUT2D eigenvalue weighted by molar-refractivity contribution is -0.153. The Balaban J connectivity index is 1.35. The van der Waals surface area contributed by atoms with Crippen molar-refractivity contribution in [3.8, 4) is 5.75 Å². The molecule has 0 bridgehead atoms. The minimum absolute atomic E-state index is 0.0339. The van der Waals surface area contributed by atoms with Gasteiger partial charge in [-0.1, -0.05) is 30.3 Å². The largest absolute Gasteiger partial charge is 0.497 e. The Morgan fingerprint density at radius 1 is 0.957 bits per heavy atom. The Labute approximate surface area is 274 Å². The molecule has 3 saturated heterocycles. The molecule has 0 saturated carbocycles. The van der Waals surface area contributed by atoms with E-state index < -0.39 is 17.4 Å². The van der Waals surface area contributed by atoms with Gasteiger partial charge in [0.2, 0.25) is 5.91 Å². The highest BCUT2D eigenvalue weighted by Crippen LogP contribution is 2.55. The lowest BCUT2D eigenvalue weighted by Crippen LogP contribution is -2.58.